The SMILES string of the molecule is C#Cc1ccccc1C(C(=O)NCc1ccccc1)N(C(=O)C(CC(N)=O)NC(=O)OC(C)(C)C)C(C)C. The molecule has 0 aliphatic heterocycles. The fourth-order valence-corrected chi connectivity index (χ4v) is 3.88. The van der Waals surface area contributed by atoms with Gasteiger partial charge in [-0.2, -0.15) is 0 Å². The van der Waals surface area contributed by atoms with E-state index in [0.717, 1.165) is 5.56 Å². The van der Waals surface area contributed by atoms with Crippen molar-refractivity contribution in [2.75, 3.05) is 0 Å². The maximum atomic E-state index is 13.9. The van der Waals surface area contributed by atoms with Crippen LogP contribution in [0.2, 0.25) is 0 Å². The second kappa shape index (κ2) is 13.3. The molecule has 4 N–H and O–H groups in total. The number of terminal acetylenes is 1. The first-order chi connectivity index (χ1) is 17.8. The minimum absolute atomic E-state index is 0.218. The third-order valence-corrected chi connectivity index (χ3v) is 5.45. The van der Waals surface area contributed by atoms with E-state index in [4.69, 9.17) is 16.9 Å². The van der Waals surface area contributed by atoms with Gasteiger partial charge in [-0.3, -0.25) is 14.4 Å². The van der Waals surface area contributed by atoms with Gasteiger partial charge in [-0.1, -0.05) is 54.5 Å². The molecule has 0 spiro atoms. The molecule has 0 saturated carbocycles. The second-order valence-electron chi connectivity index (χ2n) is 10.0. The minimum atomic E-state index is -1.37. The summed E-state index contributed by atoms with van der Waals surface area (Å²) in [4.78, 5) is 53.3. The van der Waals surface area contributed by atoms with Gasteiger partial charge in [-0.25, -0.2) is 4.79 Å². The molecule has 0 radical (unpaired) electrons. The molecule has 0 aliphatic carbocycles. The van der Waals surface area contributed by atoms with Crippen LogP contribution in [0.25, 0.3) is 0 Å². The van der Waals surface area contributed by atoms with Crippen molar-refractivity contribution >= 4 is 23.8 Å². The van der Waals surface area contributed by atoms with Gasteiger partial charge in [0, 0.05) is 18.2 Å². The van der Waals surface area contributed by atoms with Crippen LogP contribution in [-0.4, -0.2) is 46.4 Å². The lowest BCUT2D eigenvalue weighted by molar-refractivity contribution is -0.145. The topological polar surface area (TPSA) is 131 Å². The van der Waals surface area contributed by atoms with Crippen molar-refractivity contribution in [3.8, 4) is 12.3 Å². The Morgan fingerprint density at radius 1 is 1.03 bits per heavy atom. The van der Waals surface area contributed by atoms with Crippen LogP contribution in [0.1, 0.15) is 63.8 Å². The van der Waals surface area contributed by atoms with Crippen molar-refractivity contribution in [2.24, 2.45) is 5.73 Å². The van der Waals surface area contributed by atoms with Crippen LogP contribution in [-0.2, 0) is 25.7 Å². The Labute approximate surface area is 224 Å². The van der Waals surface area contributed by atoms with Crippen molar-refractivity contribution in [1.29, 1.82) is 0 Å². The molecule has 0 fully saturated rings. The molecule has 9 nitrogen and oxygen atoms in total. The fraction of sp³-hybridized carbons (Fsp3) is 0.379. The first-order valence-corrected chi connectivity index (χ1v) is 12.3. The standard InChI is InChI=1S/C29H36N4O5/c1-7-21-15-11-12-16-22(21)25(26(35)31-18-20-13-9-8-10-14-20)33(19(2)3)27(36)23(17-24(30)34)32-28(37)38-29(4,5)6/h1,8-16,19,23,25H,17-18H2,2-6H3,(H2,30,34)(H,31,35)(H,32,37). The average Bonchev–Trinajstić information content (AvgIpc) is 2.84. The molecule has 2 atom stereocenters. The van der Waals surface area contributed by atoms with Crippen molar-refractivity contribution in [3.05, 3.63) is 71.3 Å². The van der Waals surface area contributed by atoms with Crippen LogP contribution in [0.15, 0.2) is 54.6 Å². The van der Waals surface area contributed by atoms with E-state index in [2.05, 4.69) is 16.6 Å². The van der Waals surface area contributed by atoms with E-state index in [1.165, 1.54) is 4.90 Å². The second-order valence-corrected chi connectivity index (χ2v) is 10.0. The van der Waals surface area contributed by atoms with Crippen LogP contribution in [0.4, 0.5) is 4.79 Å². The van der Waals surface area contributed by atoms with Crippen molar-refractivity contribution in [1.82, 2.24) is 15.5 Å². The summed E-state index contributed by atoms with van der Waals surface area (Å²) in [5, 5.41) is 5.33. The van der Waals surface area contributed by atoms with Crippen LogP contribution in [0.5, 0.6) is 0 Å². The van der Waals surface area contributed by atoms with Gasteiger partial charge in [0.25, 0.3) is 0 Å². The van der Waals surface area contributed by atoms with Crippen LogP contribution >= 0.6 is 0 Å². The summed E-state index contributed by atoms with van der Waals surface area (Å²) in [5.41, 5.74) is 6.29. The van der Waals surface area contributed by atoms with E-state index in [9.17, 15) is 19.2 Å². The number of nitrogens with two attached hydrogens (primary N) is 1. The molecule has 4 amide bonds. The summed E-state index contributed by atoms with van der Waals surface area (Å²) < 4.78 is 5.28. The van der Waals surface area contributed by atoms with Gasteiger partial charge >= 0.3 is 6.09 Å². The Bertz CT molecular complexity index is 1180. The van der Waals surface area contributed by atoms with E-state index < -0.39 is 54.0 Å². The number of benzene rings is 2. The highest BCUT2D eigenvalue weighted by Gasteiger charge is 2.39. The molecule has 0 saturated heterocycles. The highest BCUT2D eigenvalue weighted by molar-refractivity contribution is 5.95. The number of nitrogens with zero attached hydrogens (tertiary/aromatic N) is 1. The largest absolute Gasteiger partial charge is 0.444 e. The van der Waals surface area contributed by atoms with Gasteiger partial charge in [-0.05, 0) is 51.8 Å². The summed E-state index contributed by atoms with van der Waals surface area (Å²) >= 11 is 0. The number of primary amides is 1. The highest BCUT2D eigenvalue weighted by Crippen LogP contribution is 2.28. The fourth-order valence-electron chi connectivity index (χ4n) is 3.88. The molecule has 0 heterocycles. The third-order valence-electron chi connectivity index (χ3n) is 5.45. The predicted molar refractivity (Wildman–Crippen MR) is 144 cm³/mol. The number of carbonyl (C=O) groups is 4. The zero-order chi connectivity index (χ0) is 28.5. The summed E-state index contributed by atoms with van der Waals surface area (Å²) in [7, 11) is 0. The van der Waals surface area contributed by atoms with Crippen molar-refractivity contribution in [3.63, 3.8) is 0 Å². The van der Waals surface area contributed by atoms with E-state index in [1.54, 1.807) is 58.9 Å². The Morgan fingerprint density at radius 3 is 2.18 bits per heavy atom. The molecule has 0 aliphatic rings. The first kappa shape index (κ1) is 29.9. The molecule has 9 heteroatoms. The van der Waals surface area contributed by atoms with Gasteiger partial charge < -0.3 is 26.0 Å². The molecule has 2 unspecified atom stereocenters. The lowest BCUT2D eigenvalue weighted by Crippen LogP contribution is -2.56. The van der Waals surface area contributed by atoms with Crippen molar-refractivity contribution < 1.29 is 23.9 Å². The molecule has 2 rings (SSSR count). The first-order valence-electron chi connectivity index (χ1n) is 12.3. The summed E-state index contributed by atoms with van der Waals surface area (Å²) in [6.45, 7) is 8.67. The van der Waals surface area contributed by atoms with Crippen molar-refractivity contribution in [2.45, 2.75) is 71.3 Å². The number of nitrogens with one attached hydrogen (secondary N) is 2. The molecular weight excluding hydrogens is 484 g/mol. The van der Waals surface area contributed by atoms with Gasteiger partial charge in [0.05, 0.1) is 6.42 Å². The summed E-state index contributed by atoms with van der Waals surface area (Å²) in [6.07, 6.45) is 4.35. The van der Waals surface area contributed by atoms with Crippen LogP contribution in [0, 0.1) is 12.3 Å². The van der Waals surface area contributed by atoms with E-state index in [-0.39, 0.29) is 6.54 Å². The maximum Gasteiger partial charge on any atom is 0.408 e. The molecule has 0 aromatic heterocycles. The Balaban J connectivity index is 2.52. The molecule has 2 aromatic carbocycles. The Morgan fingerprint density at radius 2 is 1.63 bits per heavy atom. The predicted octanol–water partition coefficient (Wildman–Crippen LogP) is 3.03. The lowest BCUT2D eigenvalue weighted by atomic mass is 9.96. The van der Waals surface area contributed by atoms with Gasteiger partial charge in [0.1, 0.15) is 17.7 Å². The maximum absolute atomic E-state index is 13.9. The molecule has 202 valence electrons. The number of hydrogen-bond donors (Lipinski definition) is 3. The smallest absolute Gasteiger partial charge is 0.408 e. The number of amides is 4. The number of alkyl carbamates (subject to hydrolysis) is 1. The Hall–Kier alpha value is -4.32. The molecule has 38 heavy (non-hydrogen) atoms. The van der Waals surface area contributed by atoms with Gasteiger partial charge in [-0.15, -0.1) is 6.42 Å². The highest BCUT2D eigenvalue weighted by atomic mass is 16.6. The van der Waals surface area contributed by atoms with Crippen LogP contribution in [0.3, 0.4) is 0 Å². The zero-order valence-corrected chi connectivity index (χ0v) is 22.5. The quantitative estimate of drug-likeness (QED) is 0.415. The number of rotatable bonds is 10. The number of hydrogen-bond acceptors (Lipinski definition) is 5. The monoisotopic (exact) mass is 520 g/mol. The van der Waals surface area contributed by atoms with E-state index in [1.807, 2.05) is 30.3 Å². The molecule has 2 aromatic rings. The third kappa shape index (κ3) is 8.66. The molecule has 0 bridgehead atoms. The van der Waals surface area contributed by atoms with Gasteiger partial charge in [0.2, 0.25) is 17.7 Å². The number of ether oxygens (including phenoxy) is 1. The summed E-state index contributed by atoms with van der Waals surface area (Å²) in [5.74, 6) is 0.605. The zero-order valence-electron chi connectivity index (χ0n) is 22.5. The Kier molecular flexibility index (Phi) is 10.5. The molecular formula is C29H36N4O5. The van der Waals surface area contributed by atoms with Crippen LogP contribution < -0.4 is 16.4 Å². The van der Waals surface area contributed by atoms with E-state index >= 15 is 0 Å². The minimum Gasteiger partial charge on any atom is -0.444 e. The van der Waals surface area contributed by atoms with Gasteiger partial charge in [0.15, 0.2) is 0 Å². The van der Waals surface area contributed by atoms with E-state index in [0.29, 0.717) is 11.1 Å². The average molecular weight is 521 g/mol. The lowest BCUT2D eigenvalue weighted by Gasteiger charge is -2.37. The summed E-state index contributed by atoms with van der Waals surface area (Å²) in [6, 6.07) is 13.1. The number of carbonyl (C=O) groups excluding carboxylic acids is 4. The normalized spacial score (nSPS) is 12.6.